The average Bonchev–Trinajstić information content (AvgIpc) is 3.16. The predicted molar refractivity (Wildman–Crippen MR) is 129 cm³/mol. The molecular weight excluding hydrogens is 556 g/mol. The van der Waals surface area contributed by atoms with Crippen LogP contribution in [0.3, 0.4) is 0 Å². The molecule has 1 amide bonds. The first kappa shape index (κ1) is 34.4. The van der Waals surface area contributed by atoms with Crippen molar-refractivity contribution in [2.75, 3.05) is 5.32 Å². The Balaban J connectivity index is 0.000000473. The van der Waals surface area contributed by atoms with Gasteiger partial charge < -0.3 is 26.0 Å². The number of halogens is 6. The minimum absolute atomic E-state index is 0.0114. The molecule has 0 unspecified atom stereocenters. The lowest BCUT2D eigenvalue weighted by atomic mass is 9.86. The van der Waals surface area contributed by atoms with Gasteiger partial charge in [0.25, 0.3) is 0 Å². The van der Waals surface area contributed by atoms with Gasteiger partial charge in [-0.15, -0.1) is 0 Å². The van der Waals surface area contributed by atoms with Gasteiger partial charge in [-0.05, 0) is 44.6 Å². The van der Waals surface area contributed by atoms with Gasteiger partial charge in [0.15, 0.2) is 11.5 Å². The van der Waals surface area contributed by atoms with Crippen LogP contribution in [0.1, 0.15) is 52.4 Å². The Bertz CT molecular complexity index is 1120. The van der Waals surface area contributed by atoms with E-state index in [1.165, 1.54) is 0 Å². The van der Waals surface area contributed by atoms with Crippen LogP contribution in [0.2, 0.25) is 0 Å². The van der Waals surface area contributed by atoms with Crippen molar-refractivity contribution in [1.82, 2.24) is 14.8 Å². The molecule has 2 heterocycles. The molecule has 2 aromatic rings. The minimum atomic E-state index is -5.08. The van der Waals surface area contributed by atoms with Crippen molar-refractivity contribution >= 4 is 34.7 Å². The third-order valence-corrected chi connectivity index (χ3v) is 5.73. The van der Waals surface area contributed by atoms with E-state index in [4.69, 9.17) is 30.3 Å². The summed E-state index contributed by atoms with van der Waals surface area (Å²) in [5, 5.41) is 22.5. The van der Waals surface area contributed by atoms with E-state index < -0.39 is 24.3 Å². The van der Waals surface area contributed by atoms with E-state index in [1.54, 1.807) is 4.68 Å². The second-order valence-corrected chi connectivity index (χ2v) is 8.76. The first-order valence-electron chi connectivity index (χ1n) is 12.1. The number of nitrogens with zero attached hydrogens (tertiary/aromatic N) is 3. The highest BCUT2D eigenvalue weighted by atomic mass is 19.4. The number of aromatic nitrogens is 3. The normalized spacial score (nSPS) is 17.3. The van der Waals surface area contributed by atoms with Crippen molar-refractivity contribution in [3.8, 4) is 5.88 Å². The summed E-state index contributed by atoms with van der Waals surface area (Å²) < 4.78 is 71.1. The van der Waals surface area contributed by atoms with Crippen LogP contribution in [0.25, 0.3) is 11.0 Å². The zero-order chi connectivity index (χ0) is 30.8. The van der Waals surface area contributed by atoms with Gasteiger partial charge in [0.1, 0.15) is 0 Å². The molecule has 1 aliphatic rings. The molecule has 11 nitrogen and oxygen atoms in total. The van der Waals surface area contributed by atoms with Gasteiger partial charge in [0.2, 0.25) is 11.8 Å². The molecule has 5 N–H and O–H groups in total. The molecule has 1 aliphatic carbocycles. The number of pyridine rings is 1. The van der Waals surface area contributed by atoms with Gasteiger partial charge in [-0.1, -0.05) is 13.8 Å². The number of amides is 1. The number of nitrogens with one attached hydrogen (secondary N) is 1. The number of anilines is 1. The summed E-state index contributed by atoms with van der Waals surface area (Å²) in [6, 6.07) is 3.99. The maximum absolute atomic E-state index is 12.6. The highest BCUT2D eigenvalue weighted by Crippen LogP contribution is 2.28. The fourth-order valence-electron chi connectivity index (χ4n) is 3.50. The van der Waals surface area contributed by atoms with Crippen molar-refractivity contribution in [3.05, 3.63) is 12.1 Å². The molecule has 0 aromatic carbocycles. The molecule has 0 bridgehead atoms. The Kier molecular flexibility index (Phi) is 12.6. The Hall–Kier alpha value is -3.63. The Morgan fingerprint density at radius 2 is 1.50 bits per heavy atom. The van der Waals surface area contributed by atoms with Crippen LogP contribution >= 0.6 is 0 Å². The van der Waals surface area contributed by atoms with E-state index >= 15 is 0 Å². The van der Waals surface area contributed by atoms with E-state index in [0.717, 1.165) is 43.9 Å². The topological polar surface area (TPSA) is 170 Å². The van der Waals surface area contributed by atoms with Gasteiger partial charge in [-0.3, -0.25) is 4.79 Å². The number of aryl methyl sites for hydroxylation is 1. The Morgan fingerprint density at radius 1 is 1.02 bits per heavy atom. The van der Waals surface area contributed by atoms with Gasteiger partial charge >= 0.3 is 24.3 Å². The molecule has 0 atom stereocenters. The molecule has 3 rings (SSSR count). The molecule has 1 fully saturated rings. The van der Waals surface area contributed by atoms with Crippen molar-refractivity contribution in [3.63, 3.8) is 0 Å². The van der Waals surface area contributed by atoms with Gasteiger partial charge in [0, 0.05) is 25.1 Å². The van der Waals surface area contributed by atoms with Crippen LogP contribution < -0.4 is 15.8 Å². The molecule has 40 heavy (non-hydrogen) atoms. The number of nitrogens with two attached hydrogens (primary N) is 1. The lowest BCUT2D eigenvalue weighted by Gasteiger charge is -2.24. The number of aliphatic carboxylic acids is 2. The van der Waals surface area contributed by atoms with Gasteiger partial charge in [-0.25, -0.2) is 14.3 Å². The number of carbonyl (C=O) groups excluding carboxylic acids is 1. The summed E-state index contributed by atoms with van der Waals surface area (Å²) in [5.41, 5.74) is 6.63. The number of rotatable bonds is 6. The van der Waals surface area contributed by atoms with Crippen LogP contribution in [0.15, 0.2) is 12.1 Å². The lowest BCUT2D eigenvalue weighted by Crippen LogP contribution is -2.32. The molecule has 0 aliphatic heterocycles. The molecule has 0 saturated heterocycles. The van der Waals surface area contributed by atoms with E-state index in [1.807, 2.05) is 19.2 Å². The van der Waals surface area contributed by atoms with E-state index in [0.29, 0.717) is 17.3 Å². The summed E-state index contributed by atoms with van der Waals surface area (Å²) >= 11 is 0. The molecule has 226 valence electrons. The SMILES string of the molecule is CCC(CC)Oc1ccc2c(NC(=O)C3CCC(N)CC3)nn(C)c2n1.O=C(O)C(F)(F)F.O=C(O)C(F)(F)F. The van der Waals surface area contributed by atoms with Crippen molar-refractivity contribution in [2.24, 2.45) is 18.7 Å². The standard InChI is InChI=1S/C19H29N5O2.2C2HF3O2/c1-4-14(5-2)26-16-11-10-15-17(23-24(3)18(15)21-16)22-19(25)12-6-8-13(20)9-7-12;2*3-2(4,5)1(6)7/h10-14H,4-9,20H2,1-3H3,(H,22,23,25);2*(H,6,7). The number of carbonyl (C=O) groups is 3. The number of hydrogen-bond acceptors (Lipinski definition) is 7. The summed E-state index contributed by atoms with van der Waals surface area (Å²) in [4.78, 5) is 34.9. The molecular formula is C23H31F6N5O6. The maximum atomic E-state index is 12.6. The van der Waals surface area contributed by atoms with Crippen molar-refractivity contribution in [2.45, 2.75) is 76.9 Å². The fourth-order valence-corrected chi connectivity index (χ4v) is 3.50. The van der Waals surface area contributed by atoms with Crippen LogP contribution in [0.5, 0.6) is 5.88 Å². The first-order chi connectivity index (χ1) is 18.4. The largest absolute Gasteiger partial charge is 0.490 e. The number of carboxylic acid groups (broad SMARTS) is 2. The second kappa shape index (κ2) is 14.7. The quantitative estimate of drug-likeness (QED) is 0.361. The van der Waals surface area contributed by atoms with E-state index in [-0.39, 0.29) is 24.0 Å². The predicted octanol–water partition coefficient (Wildman–Crippen LogP) is 4.26. The zero-order valence-electron chi connectivity index (χ0n) is 21.8. The smallest absolute Gasteiger partial charge is 0.475 e. The molecule has 0 spiro atoms. The average molecular weight is 588 g/mol. The molecule has 1 saturated carbocycles. The molecule has 0 radical (unpaired) electrons. The maximum Gasteiger partial charge on any atom is 0.490 e. The summed E-state index contributed by atoms with van der Waals surface area (Å²) in [7, 11) is 1.82. The van der Waals surface area contributed by atoms with E-state index in [2.05, 4.69) is 29.2 Å². The lowest BCUT2D eigenvalue weighted by molar-refractivity contribution is -0.193. The summed E-state index contributed by atoms with van der Waals surface area (Å²) in [6.07, 6.45) is -4.65. The fraction of sp³-hybridized carbons (Fsp3) is 0.609. The van der Waals surface area contributed by atoms with Crippen molar-refractivity contribution < 1.29 is 55.7 Å². The van der Waals surface area contributed by atoms with Crippen LogP contribution in [-0.4, -0.2) is 67.3 Å². The number of alkyl halides is 6. The Morgan fingerprint density at radius 3 is 1.93 bits per heavy atom. The number of fused-ring (bicyclic) bond motifs is 1. The monoisotopic (exact) mass is 587 g/mol. The van der Waals surface area contributed by atoms with Gasteiger partial charge in [0.05, 0.1) is 11.5 Å². The summed E-state index contributed by atoms with van der Waals surface area (Å²) in [5.74, 6) is -4.33. The molecule has 2 aromatic heterocycles. The number of hydrogen-bond donors (Lipinski definition) is 4. The second-order valence-electron chi connectivity index (χ2n) is 8.76. The third-order valence-electron chi connectivity index (χ3n) is 5.73. The highest BCUT2D eigenvalue weighted by Gasteiger charge is 2.38. The van der Waals surface area contributed by atoms with E-state index in [9.17, 15) is 31.1 Å². The Labute approximate surface area is 224 Å². The highest BCUT2D eigenvalue weighted by molar-refractivity contribution is 5.99. The van der Waals surface area contributed by atoms with Crippen LogP contribution in [0, 0.1) is 5.92 Å². The van der Waals surface area contributed by atoms with Crippen LogP contribution in [-0.2, 0) is 21.4 Å². The van der Waals surface area contributed by atoms with Crippen molar-refractivity contribution in [1.29, 1.82) is 0 Å². The third kappa shape index (κ3) is 10.9. The summed E-state index contributed by atoms with van der Waals surface area (Å²) in [6.45, 7) is 4.20. The zero-order valence-corrected chi connectivity index (χ0v) is 21.8. The first-order valence-corrected chi connectivity index (χ1v) is 12.1. The molecule has 17 heteroatoms. The number of ether oxygens (including phenoxy) is 1. The van der Waals surface area contributed by atoms with Crippen LogP contribution in [0.4, 0.5) is 32.2 Å². The minimum Gasteiger partial charge on any atom is -0.475 e. The van der Waals surface area contributed by atoms with Gasteiger partial charge in [-0.2, -0.15) is 36.4 Å². The number of carboxylic acids is 2.